The van der Waals surface area contributed by atoms with Gasteiger partial charge in [0, 0.05) is 12.2 Å². The first kappa shape index (κ1) is 12.8. The Bertz CT molecular complexity index is 542. The first-order chi connectivity index (χ1) is 8.29. The van der Waals surface area contributed by atoms with Crippen LogP contribution in [-0.4, -0.2) is 24.5 Å². The number of rotatable bonds is 2. The predicted molar refractivity (Wildman–Crippen MR) is 71.4 cm³/mol. The van der Waals surface area contributed by atoms with Crippen LogP contribution in [0, 0.1) is 6.92 Å². The molecule has 0 saturated heterocycles. The topological polar surface area (TPSA) is 48.5 Å². The fourth-order valence-electron chi connectivity index (χ4n) is 1.81. The van der Waals surface area contributed by atoms with Gasteiger partial charge in [-0.05, 0) is 41.5 Å². The zero-order valence-corrected chi connectivity index (χ0v) is 12.0. The second-order valence-electron chi connectivity index (χ2n) is 5.87. The molecule has 0 fully saturated rings. The fraction of sp³-hybridized carbons (Fsp3) is 0.615. The summed E-state index contributed by atoms with van der Waals surface area (Å²) in [6.07, 6.45) is 3.88. The predicted octanol–water partition coefficient (Wildman–Crippen LogP) is 2.79. The Balaban J connectivity index is 2.50. The summed E-state index contributed by atoms with van der Waals surface area (Å²) in [5.74, 6) is 1.67. The highest BCUT2D eigenvalue weighted by Gasteiger charge is 2.21. The van der Waals surface area contributed by atoms with Crippen molar-refractivity contribution in [1.82, 2.24) is 24.5 Å². The van der Waals surface area contributed by atoms with Gasteiger partial charge in [-0.15, -0.1) is 0 Å². The van der Waals surface area contributed by atoms with Crippen molar-refractivity contribution < 1.29 is 0 Å². The van der Waals surface area contributed by atoms with E-state index in [1.807, 2.05) is 28.7 Å². The molecule has 0 saturated carbocycles. The maximum Gasteiger partial charge on any atom is 0.162 e. The van der Waals surface area contributed by atoms with Gasteiger partial charge < -0.3 is 0 Å². The van der Waals surface area contributed by atoms with Crippen LogP contribution in [-0.2, 0) is 5.54 Å². The molecule has 2 aromatic rings. The second kappa shape index (κ2) is 4.23. The van der Waals surface area contributed by atoms with Crippen LogP contribution in [0.4, 0.5) is 0 Å². The van der Waals surface area contributed by atoms with Gasteiger partial charge in [-0.2, -0.15) is 10.2 Å². The summed E-state index contributed by atoms with van der Waals surface area (Å²) in [4.78, 5) is 4.52. The summed E-state index contributed by atoms with van der Waals surface area (Å²) in [7, 11) is 0. The minimum atomic E-state index is -0.0868. The molecule has 0 unspecified atom stereocenters. The van der Waals surface area contributed by atoms with E-state index in [1.165, 1.54) is 0 Å². The van der Waals surface area contributed by atoms with Crippen molar-refractivity contribution >= 4 is 0 Å². The third-order valence-corrected chi connectivity index (χ3v) is 2.74. The van der Waals surface area contributed by atoms with E-state index in [9.17, 15) is 0 Å². The van der Waals surface area contributed by atoms with Crippen LogP contribution in [0.25, 0.3) is 11.4 Å². The van der Waals surface area contributed by atoms with Gasteiger partial charge in [0.2, 0.25) is 0 Å². The van der Waals surface area contributed by atoms with E-state index in [4.69, 9.17) is 0 Å². The fourth-order valence-corrected chi connectivity index (χ4v) is 1.81. The van der Waals surface area contributed by atoms with Crippen molar-refractivity contribution in [1.29, 1.82) is 0 Å². The van der Waals surface area contributed by atoms with E-state index in [2.05, 4.69) is 49.8 Å². The molecular weight excluding hydrogens is 226 g/mol. The summed E-state index contributed by atoms with van der Waals surface area (Å²) in [6, 6.07) is 0.353. The number of nitrogens with zero attached hydrogens (tertiary/aromatic N) is 5. The lowest BCUT2D eigenvalue weighted by molar-refractivity contribution is 0.358. The molecule has 0 spiro atoms. The van der Waals surface area contributed by atoms with Crippen molar-refractivity contribution in [3.8, 4) is 11.4 Å². The van der Waals surface area contributed by atoms with Gasteiger partial charge in [0.25, 0.3) is 0 Å². The third-order valence-electron chi connectivity index (χ3n) is 2.74. The monoisotopic (exact) mass is 247 g/mol. The van der Waals surface area contributed by atoms with Gasteiger partial charge in [0.05, 0.1) is 17.3 Å². The minimum absolute atomic E-state index is 0.0868. The first-order valence-electron chi connectivity index (χ1n) is 6.27. The van der Waals surface area contributed by atoms with E-state index in [-0.39, 0.29) is 5.54 Å². The molecule has 0 aromatic carbocycles. The molecule has 2 rings (SSSR count). The lowest BCUT2D eigenvalue weighted by Gasteiger charge is -2.20. The molecule has 0 aliphatic rings. The molecule has 2 heterocycles. The van der Waals surface area contributed by atoms with Gasteiger partial charge in [-0.25, -0.2) is 9.67 Å². The van der Waals surface area contributed by atoms with Crippen molar-refractivity contribution in [2.45, 2.75) is 53.1 Å². The maximum atomic E-state index is 4.52. The summed E-state index contributed by atoms with van der Waals surface area (Å²) in [6.45, 7) is 12.5. The highest BCUT2D eigenvalue weighted by molar-refractivity contribution is 5.53. The Kier molecular flexibility index (Phi) is 3.00. The Morgan fingerprint density at radius 2 is 1.89 bits per heavy atom. The third kappa shape index (κ3) is 2.30. The molecule has 5 heteroatoms. The Labute approximate surface area is 108 Å². The van der Waals surface area contributed by atoms with E-state index in [0.717, 1.165) is 17.2 Å². The van der Waals surface area contributed by atoms with Crippen LogP contribution < -0.4 is 0 Å². The molecule has 0 radical (unpaired) electrons. The molecule has 0 aliphatic carbocycles. The van der Waals surface area contributed by atoms with Gasteiger partial charge in [0.15, 0.2) is 5.82 Å². The molecule has 98 valence electrons. The molecule has 0 bridgehead atoms. The Morgan fingerprint density at radius 3 is 2.39 bits per heavy atom. The molecule has 0 aliphatic heterocycles. The van der Waals surface area contributed by atoms with E-state index in [0.29, 0.717) is 6.04 Å². The number of hydrogen-bond acceptors (Lipinski definition) is 3. The lowest BCUT2D eigenvalue weighted by Crippen LogP contribution is -2.24. The average Bonchev–Trinajstić information content (AvgIpc) is 2.81. The average molecular weight is 247 g/mol. The number of aromatic nitrogens is 5. The summed E-state index contributed by atoms with van der Waals surface area (Å²) < 4.78 is 3.90. The standard InChI is InChI=1S/C13H21N5/c1-9(2)17-8-11(7-14-17)12-15-10(3)16-18(12)13(4,5)6/h7-9H,1-6H3. The van der Waals surface area contributed by atoms with Crippen LogP contribution in [0.5, 0.6) is 0 Å². The molecule has 0 N–H and O–H groups in total. The zero-order chi connectivity index (χ0) is 13.5. The smallest absolute Gasteiger partial charge is 0.162 e. The maximum absolute atomic E-state index is 4.52. The highest BCUT2D eigenvalue weighted by atomic mass is 15.4. The van der Waals surface area contributed by atoms with Crippen LogP contribution >= 0.6 is 0 Å². The van der Waals surface area contributed by atoms with Gasteiger partial charge in [-0.1, -0.05) is 0 Å². The Morgan fingerprint density at radius 1 is 1.22 bits per heavy atom. The first-order valence-corrected chi connectivity index (χ1v) is 6.27. The van der Waals surface area contributed by atoms with Crippen LogP contribution in [0.15, 0.2) is 12.4 Å². The molecule has 18 heavy (non-hydrogen) atoms. The normalized spacial score (nSPS) is 12.4. The minimum Gasteiger partial charge on any atom is -0.270 e. The number of aryl methyl sites for hydroxylation is 1. The largest absolute Gasteiger partial charge is 0.270 e. The highest BCUT2D eigenvalue weighted by Crippen LogP contribution is 2.24. The molecule has 5 nitrogen and oxygen atoms in total. The van der Waals surface area contributed by atoms with Crippen molar-refractivity contribution in [3.05, 3.63) is 18.2 Å². The van der Waals surface area contributed by atoms with Gasteiger partial charge >= 0.3 is 0 Å². The summed E-state index contributed by atoms with van der Waals surface area (Å²) >= 11 is 0. The summed E-state index contributed by atoms with van der Waals surface area (Å²) in [5, 5.41) is 8.84. The van der Waals surface area contributed by atoms with Crippen molar-refractivity contribution in [3.63, 3.8) is 0 Å². The molecule has 2 aromatic heterocycles. The van der Waals surface area contributed by atoms with E-state index < -0.39 is 0 Å². The zero-order valence-electron chi connectivity index (χ0n) is 12.0. The van der Waals surface area contributed by atoms with E-state index in [1.54, 1.807) is 0 Å². The van der Waals surface area contributed by atoms with Gasteiger partial charge in [-0.3, -0.25) is 4.68 Å². The van der Waals surface area contributed by atoms with Crippen LogP contribution in [0.3, 0.4) is 0 Å². The Hall–Kier alpha value is -1.65. The molecular formula is C13H21N5. The van der Waals surface area contributed by atoms with Gasteiger partial charge in [0.1, 0.15) is 5.82 Å². The molecule has 0 amide bonds. The van der Waals surface area contributed by atoms with Crippen molar-refractivity contribution in [2.24, 2.45) is 0 Å². The SMILES string of the molecule is Cc1nc(-c2cnn(C(C)C)c2)n(C(C)(C)C)n1. The quantitative estimate of drug-likeness (QED) is 0.820. The van der Waals surface area contributed by atoms with E-state index >= 15 is 0 Å². The van der Waals surface area contributed by atoms with Crippen LogP contribution in [0.1, 0.15) is 46.5 Å². The summed E-state index contributed by atoms with van der Waals surface area (Å²) in [5.41, 5.74) is 0.926. The van der Waals surface area contributed by atoms with Crippen LogP contribution in [0.2, 0.25) is 0 Å². The second-order valence-corrected chi connectivity index (χ2v) is 5.87. The van der Waals surface area contributed by atoms with Crippen molar-refractivity contribution in [2.75, 3.05) is 0 Å². The molecule has 0 atom stereocenters. The lowest BCUT2D eigenvalue weighted by atomic mass is 10.1. The number of hydrogen-bond donors (Lipinski definition) is 0.